The van der Waals surface area contributed by atoms with Crippen LogP contribution in [0.2, 0.25) is 0 Å². The molecule has 0 aliphatic rings. The molecule has 0 bridgehead atoms. The van der Waals surface area contributed by atoms with E-state index in [4.69, 9.17) is 11.6 Å². The van der Waals surface area contributed by atoms with Crippen molar-refractivity contribution in [3.63, 3.8) is 0 Å². The Morgan fingerprint density at radius 3 is 2.33 bits per heavy atom. The zero-order chi connectivity index (χ0) is 15.6. The summed E-state index contributed by atoms with van der Waals surface area (Å²) in [6.07, 6.45) is 0.877. The monoisotopic (exact) mass is 300 g/mol. The second-order valence-corrected chi connectivity index (χ2v) is 7.47. The predicted octanol–water partition coefficient (Wildman–Crippen LogP) is 6.12. The lowest BCUT2D eigenvalue weighted by Crippen LogP contribution is -2.15. The van der Waals surface area contributed by atoms with Gasteiger partial charge in [-0.1, -0.05) is 68.8 Å². The predicted molar refractivity (Wildman–Crippen MR) is 93.4 cm³/mol. The molecule has 1 unspecified atom stereocenters. The third-order valence-corrected chi connectivity index (χ3v) is 4.40. The first-order valence-corrected chi connectivity index (χ1v) is 8.02. The minimum Gasteiger partial charge on any atom is -0.117 e. The van der Waals surface area contributed by atoms with E-state index in [2.05, 4.69) is 77.1 Å². The number of hydrogen-bond acceptors (Lipinski definition) is 0. The van der Waals surface area contributed by atoms with Crippen LogP contribution in [0, 0.1) is 13.8 Å². The topological polar surface area (TPSA) is 0 Å². The molecule has 0 amide bonds. The lowest BCUT2D eigenvalue weighted by atomic mass is 9.82. The standard InChI is InChI=1S/C20H25Cl/c1-14-10-11-15(2)16(12-14)13-19(21)17-8-6-7-9-18(17)20(3,4)5/h6-12,19H,13H2,1-5H3. The number of rotatable bonds is 3. The summed E-state index contributed by atoms with van der Waals surface area (Å²) in [7, 11) is 0. The summed E-state index contributed by atoms with van der Waals surface area (Å²) >= 11 is 6.78. The first-order valence-electron chi connectivity index (χ1n) is 7.58. The van der Waals surface area contributed by atoms with Gasteiger partial charge in [-0.3, -0.25) is 0 Å². The Hall–Kier alpha value is -1.27. The molecule has 2 aromatic rings. The van der Waals surface area contributed by atoms with Crippen molar-refractivity contribution in [2.45, 2.75) is 51.8 Å². The molecule has 1 heteroatoms. The SMILES string of the molecule is Cc1ccc(C)c(CC(Cl)c2ccccc2C(C)(C)C)c1. The van der Waals surface area contributed by atoms with Crippen LogP contribution in [-0.2, 0) is 11.8 Å². The molecular weight excluding hydrogens is 276 g/mol. The summed E-state index contributed by atoms with van der Waals surface area (Å²) in [4.78, 5) is 0. The highest BCUT2D eigenvalue weighted by molar-refractivity contribution is 6.21. The number of halogens is 1. The smallest absolute Gasteiger partial charge is 0.0628 e. The second-order valence-electron chi connectivity index (χ2n) is 6.94. The number of aryl methyl sites for hydroxylation is 2. The second kappa shape index (κ2) is 6.23. The lowest BCUT2D eigenvalue weighted by molar-refractivity contribution is 0.580. The minimum atomic E-state index is 0.0147. The van der Waals surface area contributed by atoms with E-state index < -0.39 is 0 Å². The van der Waals surface area contributed by atoms with Gasteiger partial charge in [0.1, 0.15) is 0 Å². The molecule has 0 saturated carbocycles. The van der Waals surface area contributed by atoms with Crippen LogP contribution in [0.5, 0.6) is 0 Å². The number of alkyl halides is 1. The van der Waals surface area contributed by atoms with Gasteiger partial charge in [0.25, 0.3) is 0 Å². The molecule has 0 radical (unpaired) electrons. The summed E-state index contributed by atoms with van der Waals surface area (Å²) in [5.74, 6) is 0. The van der Waals surface area contributed by atoms with Crippen molar-refractivity contribution in [1.29, 1.82) is 0 Å². The molecule has 112 valence electrons. The Morgan fingerprint density at radius 1 is 1.00 bits per heavy atom. The van der Waals surface area contributed by atoms with E-state index in [9.17, 15) is 0 Å². The zero-order valence-electron chi connectivity index (χ0n) is 13.7. The quantitative estimate of drug-likeness (QED) is 0.599. The highest BCUT2D eigenvalue weighted by Crippen LogP contribution is 2.34. The third kappa shape index (κ3) is 3.89. The molecule has 1 atom stereocenters. The fourth-order valence-corrected chi connectivity index (χ4v) is 3.13. The van der Waals surface area contributed by atoms with Gasteiger partial charge < -0.3 is 0 Å². The molecule has 2 rings (SSSR count). The molecule has 0 aliphatic carbocycles. The van der Waals surface area contributed by atoms with Crippen molar-refractivity contribution in [2.75, 3.05) is 0 Å². The number of benzene rings is 2. The zero-order valence-corrected chi connectivity index (χ0v) is 14.5. The largest absolute Gasteiger partial charge is 0.117 e. The molecule has 0 aliphatic heterocycles. The van der Waals surface area contributed by atoms with E-state index >= 15 is 0 Å². The van der Waals surface area contributed by atoms with E-state index in [1.54, 1.807) is 0 Å². The van der Waals surface area contributed by atoms with Crippen molar-refractivity contribution >= 4 is 11.6 Å². The first-order chi connectivity index (χ1) is 9.79. The average molecular weight is 301 g/mol. The van der Waals surface area contributed by atoms with Gasteiger partial charge in [-0.2, -0.15) is 0 Å². The van der Waals surface area contributed by atoms with Crippen LogP contribution in [0.4, 0.5) is 0 Å². The Balaban J connectivity index is 2.33. The molecule has 0 N–H and O–H groups in total. The molecule has 0 nitrogen and oxygen atoms in total. The Morgan fingerprint density at radius 2 is 1.67 bits per heavy atom. The van der Waals surface area contributed by atoms with Gasteiger partial charge in [0.15, 0.2) is 0 Å². The lowest BCUT2D eigenvalue weighted by Gasteiger charge is -2.25. The van der Waals surface area contributed by atoms with Crippen LogP contribution in [0.15, 0.2) is 42.5 Å². The van der Waals surface area contributed by atoms with Crippen LogP contribution >= 0.6 is 11.6 Å². The highest BCUT2D eigenvalue weighted by atomic mass is 35.5. The van der Waals surface area contributed by atoms with Gasteiger partial charge in [0, 0.05) is 0 Å². The molecule has 0 fully saturated rings. The highest BCUT2D eigenvalue weighted by Gasteiger charge is 2.21. The first kappa shape index (κ1) is 16.1. The maximum absolute atomic E-state index is 6.78. The Bertz CT molecular complexity index is 620. The van der Waals surface area contributed by atoms with Gasteiger partial charge in [0.05, 0.1) is 5.38 Å². The van der Waals surface area contributed by atoms with Crippen LogP contribution in [0.3, 0.4) is 0 Å². The number of hydrogen-bond donors (Lipinski definition) is 0. The van der Waals surface area contributed by atoms with Gasteiger partial charge >= 0.3 is 0 Å². The maximum atomic E-state index is 6.78. The van der Waals surface area contributed by atoms with E-state index in [-0.39, 0.29) is 10.8 Å². The minimum absolute atomic E-state index is 0.0147. The maximum Gasteiger partial charge on any atom is 0.0628 e. The molecule has 0 saturated heterocycles. The van der Waals surface area contributed by atoms with Gasteiger partial charge in [-0.05, 0) is 47.9 Å². The molecule has 0 aromatic heterocycles. The van der Waals surface area contributed by atoms with Crippen molar-refractivity contribution in [2.24, 2.45) is 0 Å². The van der Waals surface area contributed by atoms with Crippen molar-refractivity contribution in [3.8, 4) is 0 Å². The van der Waals surface area contributed by atoms with E-state index in [0.29, 0.717) is 0 Å². The van der Waals surface area contributed by atoms with Crippen LogP contribution < -0.4 is 0 Å². The van der Waals surface area contributed by atoms with Gasteiger partial charge in [-0.15, -0.1) is 11.6 Å². The normalized spacial score (nSPS) is 13.2. The van der Waals surface area contributed by atoms with Gasteiger partial charge in [0.2, 0.25) is 0 Å². The summed E-state index contributed by atoms with van der Waals surface area (Å²) in [6.45, 7) is 11.0. The summed E-state index contributed by atoms with van der Waals surface area (Å²) in [5, 5.41) is 0.0147. The van der Waals surface area contributed by atoms with E-state index in [1.807, 2.05) is 0 Å². The molecule has 0 heterocycles. The van der Waals surface area contributed by atoms with Crippen molar-refractivity contribution in [3.05, 3.63) is 70.3 Å². The fraction of sp³-hybridized carbons (Fsp3) is 0.400. The molecule has 0 spiro atoms. The average Bonchev–Trinajstić information content (AvgIpc) is 2.42. The fourth-order valence-electron chi connectivity index (χ4n) is 2.78. The molecule has 2 aromatic carbocycles. The Labute approximate surface area is 134 Å². The summed E-state index contributed by atoms with van der Waals surface area (Å²) in [5.41, 5.74) is 6.68. The van der Waals surface area contributed by atoms with E-state index in [1.165, 1.54) is 27.8 Å². The summed E-state index contributed by atoms with van der Waals surface area (Å²) in [6, 6.07) is 15.2. The molecule has 21 heavy (non-hydrogen) atoms. The van der Waals surface area contributed by atoms with Crippen LogP contribution in [-0.4, -0.2) is 0 Å². The van der Waals surface area contributed by atoms with Crippen molar-refractivity contribution in [1.82, 2.24) is 0 Å². The van der Waals surface area contributed by atoms with Gasteiger partial charge in [-0.25, -0.2) is 0 Å². The van der Waals surface area contributed by atoms with E-state index in [0.717, 1.165) is 6.42 Å². The van der Waals surface area contributed by atoms with Crippen LogP contribution in [0.1, 0.15) is 54.0 Å². The molecular formula is C20H25Cl. The Kier molecular flexibility index (Phi) is 4.78. The third-order valence-electron chi connectivity index (χ3n) is 4.01. The summed E-state index contributed by atoms with van der Waals surface area (Å²) < 4.78 is 0. The van der Waals surface area contributed by atoms with Crippen LogP contribution in [0.25, 0.3) is 0 Å². The van der Waals surface area contributed by atoms with Crippen molar-refractivity contribution < 1.29 is 0 Å².